The molecule has 0 bridgehead atoms. The second-order valence-corrected chi connectivity index (χ2v) is 10.9. The number of halogens is 2. The molecule has 2 aliphatic rings. The van der Waals surface area contributed by atoms with Crippen LogP contribution in [0.15, 0.2) is 77.3 Å². The summed E-state index contributed by atoms with van der Waals surface area (Å²) in [6, 6.07) is 17.7. The quantitative estimate of drug-likeness (QED) is 0.235. The summed E-state index contributed by atoms with van der Waals surface area (Å²) >= 11 is 12.1. The summed E-state index contributed by atoms with van der Waals surface area (Å²) in [6.07, 6.45) is 1.45. The van der Waals surface area contributed by atoms with Gasteiger partial charge in [0.1, 0.15) is 23.2 Å². The number of rotatable bonds is 6. The first-order chi connectivity index (χ1) is 19.6. The first-order valence-corrected chi connectivity index (χ1v) is 13.7. The van der Waals surface area contributed by atoms with E-state index in [0.29, 0.717) is 47.0 Å². The summed E-state index contributed by atoms with van der Waals surface area (Å²) in [5.74, 6) is 0.0252. The van der Waals surface area contributed by atoms with Gasteiger partial charge >= 0.3 is 0 Å². The Morgan fingerprint density at radius 3 is 2.51 bits per heavy atom. The number of hydrogen-bond donors (Lipinski definition) is 1. The zero-order valence-electron chi connectivity index (χ0n) is 22.4. The van der Waals surface area contributed by atoms with Crippen molar-refractivity contribution >= 4 is 40.4 Å². The van der Waals surface area contributed by atoms with E-state index in [2.05, 4.69) is 6.07 Å². The molecule has 0 saturated heterocycles. The van der Waals surface area contributed by atoms with E-state index in [1.54, 1.807) is 35.2 Å². The third kappa shape index (κ3) is 5.26. The van der Waals surface area contributed by atoms with Crippen molar-refractivity contribution in [1.82, 2.24) is 0 Å². The van der Waals surface area contributed by atoms with Gasteiger partial charge in [-0.3, -0.25) is 19.8 Å². The maximum absolute atomic E-state index is 13.6. The van der Waals surface area contributed by atoms with Gasteiger partial charge in [0, 0.05) is 28.8 Å². The zero-order valence-corrected chi connectivity index (χ0v) is 23.9. The predicted octanol–water partition coefficient (Wildman–Crippen LogP) is 7.40. The van der Waals surface area contributed by atoms with E-state index in [0.717, 1.165) is 22.3 Å². The Balaban J connectivity index is 1.64. The molecule has 1 aliphatic heterocycles. The molecule has 0 saturated carbocycles. The topological polar surface area (TPSA) is 122 Å². The maximum Gasteiger partial charge on any atom is 0.289 e. The summed E-state index contributed by atoms with van der Waals surface area (Å²) in [7, 11) is 0. The highest BCUT2D eigenvalue weighted by atomic mass is 35.5. The third-order valence-corrected chi connectivity index (χ3v) is 8.11. The van der Waals surface area contributed by atoms with Crippen LogP contribution < -0.4 is 15.4 Å². The number of benzene rings is 3. The molecule has 0 spiro atoms. The number of carbonyl (C=O) groups is 1. The lowest BCUT2D eigenvalue weighted by Gasteiger charge is -2.40. The van der Waals surface area contributed by atoms with Gasteiger partial charge in [-0.15, -0.1) is 0 Å². The van der Waals surface area contributed by atoms with Crippen LogP contribution in [-0.4, -0.2) is 10.7 Å². The maximum atomic E-state index is 13.6. The molecule has 1 unspecified atom stereocenters. The largest absolute Gasteiger partial charge is 0.489 e. The smallest absolute Gasteiger partial charge is 0.289 e. The molecular formula is C31H26Cl2N4O4. The summed E-state index contributed by atoms with van der Waals surface area (Å²) in [5.41, 5.74) is 11.7. The number of Topliss-reactive ketones (excluding diaryl/α,β-unsaturated/α-hetero) is 1. The van der Waals surface area contributed by atoms with Crippen molar-refractivity contribution in [3.63, 3.8) is 0 Å². The van der Waals surface area contributed by atoms with E-state index < -0.39 is 10.8 Å². The SMILES string of the molecule is Cc1cc(C)c(C2C(C#N)=C(N)N(c3ccc(Cl)c([N+](=O)[O-])c3)C3=C2C(=O)CCC3)cc1COc1ccc(Cl)cc1. The van der Waals surface area contributed by atoms with Crippen molar-refractivity contribution in [3.8, 4) is 11.8 Å². The minimum absolute atomic E-state index is 0.0192. The Morgan fingerprint density at radius 2 is 1.83 bits per heavy atom. The molecule has 41 heavy (non-hydrogen) atoms. The molecule has 3 aromatic rings. The van der Waals surface area contributed by atoms with Gasteiger partial charge in [-0.1, -0.05) is 35.3 Å². The Hall–Kier alpha value is -4.32. The van der Waals surface area contributed by atoms with Crippen LogP contribution in [0.5, 0.6) is 5.75 Å². The molecule has 2 N–H and O–H groups in total. The third-order valence-electron chi connectivity index (χ3n) is 7.54. The Kier molecular flexibility index (Phi) is 7.76. The Labute approximate surface area is 247 Å². The van der Waals surface area contributed by atoms with Gasteiger partial charge in [0.15, 0.2) is 5.78 Å². The number of nitrogens with zero attached hydrogens (tertiary/aromatic N) is 3. The van der Waals surface area contributed by atoms with Crippen molar-refractivity contribution in [1.29, 1.82) is 5.26 Å². The number of ketones is 1. The van der Waals surface area contributed by atoms with Crippen LogP contribution >= 0.6 is 23.2 Å². The standard InChI is InChI=1S/C31H26Cl2N4O4/c1-17-12-18(2)23(13-19(17)16-41-22-9-6-20(32)7-10-22)29-24(15-34)31(35)36(26-4-3-5-28(38)30(26)29)21-8-11-25(33)27(14-21)37(39)40/h6-14,29H,3-5,16,35H2,1-2H3. The molecule has 8 nitrogen and oxygen atoms in total. The highest BCUT2D eigenvalue weighted by Crippen LogP contribution is 2.48. The molecule has 1 heterocycles. The molecule has 0 amide bonds. The van der Waals surface area contributed by atoms with Crippen LogP contribution in [0.3, 0.4) is 0 Å². The first kappa shape index (κ1) is 28.2. The van der Waals surface area contributed by atoms with Crippen LogP contribution in [0, 0.1) is 35.3 Å². The van der Waals surface area contributed by atoms with E-state index in [1.165, 1.54) is 12.1 Å². The number of nitrogens with two attached hydrogens (primary N) is 1. The molecular weight excluding hydrogens is 563 g/mol. The second kappa shape index (κ2) is 11.3. The molecule has 1 aliphatic carbocycles. The van der Waals surface area contributed by atoms with Gasteiger partial charge < -0.3 is 10.5 Å². The summed E-state index contributed by atoms with van der Waals surface area (Å²) < 4.78 is 6.01. The lowest BCUT2D eigenvalue weighted by molar-refractivity contribution is -0.384. The fourth-order valence-electron chi connectivity index (χ4n) is 5.55. The fourth-order valence-corrected chi connectivity index (χ4v) is 5.86. The van der Waals surface area contributed by atoms with Gasteiger partial charge in [-0.05, 0) is 85.3 Å². The molecule has 3 aromatic carbocycles. The molecule has 5 rings (SSSR count). The summed E-state index contributed by atoms with van der Waals surface area (Å²) in [4.78, 5) is 26.2. The predicted molar refractivity (Wildman–Crippen MR) is 158 cm³/mol. The highest BCUT2D eigenvalue weighted by Gasteiger charge is 2.41. The zero-order chi connectivity index (χ0) is 29.4. The van der Waals surface area contributed by atoms with Crippen LogP contribution in [0.2, 0.25) is 10.0 Å². The van der Waals surface area contributed by atoms with Gasteiger partial charge in [0.25, 0.3) is 5.69 Å². The second-order valence-electron chi connectivity index (χ2n) is 10.1. The van der Waals surface area contributed by atoms with Crippen molar-refractivity contribution in [3.05, 3.63) is 120 Å². The van der Waals surface area contributed by atoms with Gasteiger partial charge in [-0.2, -0.15) is 5.26 Å². The van der Waals surface area contributed by atoms with Crippen molar-refractivity contribution in [2.75, 3.05) is 4.90 Å². The fraction of sp³-hybridized carbons (Fsp3) is 0.226. The minimum atomic E-state index is -0.684. The average molecular weight is 589 g/mol. The Bertz CT molecular complexity index is 1690. The van der Waals surface area contributed by atoms with E-state index in [1.807, 2.05) is 26.0 Å². The molecule has 0 radical (unpaired) electrons. The van der Waals surface area contributed by atoms with Crippen molar-refractivity contribution in [2.24, 2.45) is 5.73 Å². The minimum Gasteiger partial charge on any atom is -0.489 e. The van der Waals surface area contributed by atoms with E-state index in [-0.39, 0.29) is 34.5 Å². The number of nitriles is 1. The molecule has 1 atom stereocenters. The lowest BCUT2D eigenvalue weighted by Crippen LogP contribution is -2.39. The number of allylic oxidation sites excluding steroid dienone is 3. The van der Waals surface area contributed by atoms with Crippen LogP contribution in [0.1, 0.15) is 47.4 Å². The Morgan fingerprint density at radius 1 is 1.10 bits per heavy atom. The molecule has 10 heteroatoms. The molecule has 0 fully saturated rings. The van der Waals surface area contributed by atoms with Gasteiger partial charge in [0.05, 0.1) is 28.2 Å². The van der Waals surface area contributed by atoms with Crippen molar-refractivity contribution in [2.45, 2.75) is 45.6 Å². The van der Waals surface area contributed by atoms with E-state index in [9.17, 15) is 20.2 Å². The molecule has 0 aromatic heterocycles. The average Bonchev–Trinajstić information content (AvgIpc) is 2.93. The van der Waals surface area contributed by atoms with Gasteiger partial charge in [0.2, 0.25) is 0 Å². The summed E-state index contributed by atoms with van der Waals surface area (Å²) in [6.45, 7) is 4.20. The normalized spacial score (nSPS) is 16.9. The first-order valence-electron chi connectivity index (χ1n) is 13.0. The molecule has 208 valence electrons. The number of nitro groups is 1. The van der Waals surface area contributed by atoms with Crippen LogP contribution in [0.4, 0.5) is 11.4 Å². The van der Waals surface area contributed by atoms with Crippen LogP contribution in [-0.2, 0) is 11.4 Å². The number of anilines is 1. The number of carbonyl (C=O) groups excluding carboxylic acids is 1. The van der Waals surface area contributed by atoms with E-state index in [4.69, 9.17) is 33.7 Å². The number of aryl methyl sites for hydroxylation is 2. The van der Waals surface area contributed by atoms with Gasteiger partial charge in [-0.25, -0.2) is 0 Å². The summed E-state index contributed by atoms with van der Waals surface area (Å²) in [5, 5.41) is 22.6. The number of ether oxygens (including phenoxy) is 1. The number of nitro benzene ring substituents is 1. The monoisotopic (exact) mass is 588 g/mol. The lowest BCUT2D eigenvalue weighted by atomic mass is 9.74. The van der Waals surface area contributed by atoms with E-state index >= 15 is 0 Å². The van der Waals surface area contributed by atoms with Crippen molar-refractivity contribution < 1.29 is 14.5 Å². The van der Waals surface area contributed by atoms with Crippen LogP contribution in [0.25, 0.3) is 0 Å². The highest BCUT2D eigenvalue weighted by molar-refractivity contribution is 6.32. The number of hydrogen-bond acceptors (Lipinski definition) is 7.